The van der Waals surface area contributed by atoms with E-state index in [1.807, 2.05) is 19.1 Å². The van der Waals surface area contributed by atoms with Gasteiger partial charge in [0.2, 0.25) is 0 Å². The number of nitrogens with one attached hydrogen (secondary N) is 1. The number of aromatic nitrogens is 1. The monoisotopic (exact) mass is 272 g/mol. The maximum atomic E-state index is 12.5. The second-order valence-corrected chi connectivity index (χ2v) is 4.74. The smallest absolute Gasteiger partial charge is 0.409 e. The summed E-state index contributed by atoms with van der Waals surface area (Å²) in [5.74, 6) is -0.188. The quantitative estimate of drug-likeness (QED) is 0.844. The van der Waals surface area contributed by atoms with Gasteiger partial charge in [-0.1, -0.05) is 29.8 Å². The summed E-state index contributed by atoms with van der Waals surface area (Å²) in [5, 5.41) is 11.1. The molecule has 0 fully saturated rings. The third kappa shape index (κ3) is 2.56. The van der Waals surface area contributed by atoms with Crippen molar-refractivity contribution in [3.05, 3.63) is 52.8 Å². The number of hydrogen-bond donors (Lipinski definition) is 2. The predicted octanol–water partition coefficient (Wildman–Crippen LogP) is 2.96. The molecule has 1 amide bonds. The molecule has 5 heteroatoms. The van der Waals surface area contributed by atoms with Crippen LogP contribution in [0, 0.1) is 13.8 Å². The normalized spacial score (nSPS) is 10.3. The minimum atomic E-state index is -1.19. The first-order valence-corrected chi connectivity index (χ1v) is 6.17. The van der Waals surface area contributed by atoms with Gasteiger partial charge in [-0.3, -0.25) is 10.1 Å². The Bertz CT molecular complexity index is 669. The number of carbonyl (C=O) groups is 2. The van der Waals surface area contributed by atoms with Crippen LogP contribution in [0.2, 0.25) is 0 Å². The fraction of sp³-hybridized carbons (Fsp3) is 0.200. The fourth-order valence-electron chi connectivity index (χ4n) is 2.07. The van der Waals surface area contributed by atoms with Crippen molar-refractivity contribution in [3.63, 3.8) is 0 Å². The van der Waals surface area contributed by atoms with E-state index in [-0.39, 0.29) is 5.78 Å². The highest BCUT2D eigenvalue weighted by molar-refractivity contribution is 6.14. The van der Waals surface area contributed by atoms with Crippen molar-refractivity contribution in [2.24, 2.45) is 7.05 Å². The summed E-state index contributed by atoms with van der Waals surface area (Å²) in [6.07, 6.45) is 0.416. The van der Waals surface area contributed by atoms with Crippen LogP contribution in [0.15, 0.2) is 30.5 Å². The van der Waals surface area contributed by atoms with Crippen LogP contribution in [0.3, 0.4) is 0 Å². The Hall–Kier alpha value is -2.56. The first-order valence-electron chi connectivity index (χ1n) is 6.17. The number of hydrogen-bond acceptors (Lipinski definition) is 2. The zero-order valence-electron chi connectivity index (χ0n) is 11.6. The molecule has 0 aliphatic carbocycles. The topological polar surface area (TPSA) is 71.3 Å². The van der Waals surface area contributed by atoms with Gasteiger partial charge in [0.25, 0.3) is 0 Å². The number of carboxylic acid groups (broad SMARTS) is 1. The van der Waals surface area contributed by atoms with Gasteiger partial charge in [0, 0.05) is 24.5 Å². The van der Waals surface area contributed by atoms with Crippen molar-refractivity contribution in [2.75, 3.05) is 5.32 Å². The summed E-state index contributed by atoms with van der Waals surface area (Å²) in [7, 11) is 1.77. The second-order valence-electron chi connectivity index (χ2n) is 4.74. The summed E-state index contributed by atoms with van der Waals surface area (Å²) in [5.41, 5.74) is 3.02. The van der Waals surface area contributed by atoms with Gasteiger partial charge in [0.05, 0.1) is 11.3 Å². The first-order chi connectivity index (χ1) is 9.40. The second kappa shape index (κ2) is 5.21. The molecule has 0 aliphatic rings. The van der Waals surface area contributed by atoms with Crippen molar-refractivity contribution in [3.8, 4) is 0 Å². The van der Waals surface area contributed by atoms with E-state index in [9.17, 15) is 9.59 Å². The molecule has 5 nitrogen and oxygen atoms in total. The van der Waals surface area contributed by atoms with Crippen molar-refractivity contribution in [1.29, 1.82) is 0 Å². The molecule has 2 N–H and O–H groups in total. The number of ketones is 1. The zero-order valence-corrected chi connectivity index (χ0v) is 11.6. The van der Waals surface area contributed by atoms with Gasteiger partial charge in [0.1, 0.15) is 0 Å². The Morgan fingerprint density at radius 1 is 1.15 bits per heavy atom. The Labute approximate surface area is 116 Å². The van der Waals surface area contributed by atoms with E-state index >= 15 is 0 Å². The third-order valence-corrected chi connectivity index (χ3v) is 3.27. The molecule has 1 aromatic carbocycles. The molecule has 0 bridgehead atoms. The SMILES string of the molecule is Cc1ccc(C(=O)c2c(NC(=O)O)cn(C)c2C)cc1. The lowest BCUT2D eigenvalue weighted by Gasteiger charge is -2.05. The molecule has 0 spiro atoms. The van der Waals surface area contributed by atoms with E-state index in [4.69, 9.17) is 5.11 Å². The number of carbonyl (C=O) groups excluding carboxylic acids is 1. The van der Waals surface area contributed by atoms with Crippen molar-refractivity contribution in [1.82, 2.24) is 4.57 Å². The van der Waals surface area contributed by atoms with Crippen molar-refractivity contribution in [2.45, 2.75) is 13.8 Å². The summed E-state index contributed by atoms with van der Waals surface area (Å²) in [4.78, 5) is 23.4. The summed E-state index contributed by atoms with van der Waals surface area (Å²) < 4.78 is 1.73. The average Bonchev–Trinajstić information content (AvgIpc) is 2.64. The van der Waals surface area contributed by atoms with Gasteiger partial charge in [-0.25, -0.2) is 4.79 Å². The Morgan fingerprint density at radius 2 is 1.75 bits per heavy atom. The van der Waals surface area contributed by atoms with Gasteiger partial charge in [-0.2, -0.15) is 0 Å². The van der Waals surface area contributed by atoms with Crippen LogP contribution in [0.1, 0.15) is 27.2 Å². The molecule has 0 aliphatic heterocycles. The lowest BCUT2D eigenvalue weighted by molar-refractivity contribution is 0.103. The molecule has 2 aromatic rings. The van der Waals surface area contributed by atoms with Gasteiger partial charge >= 0.3 is 6.09 Å². The van der Waals surface area contributed by atoms with Crippen LogP contribution in [0.4, 0.5) is 10.5 Å². The minimum Gasteiger partial charge on any atom is -0.465 e. The number of benzene rings is 1. The van der Waals surface area contributed by atoms with E-state index in [1.54, 1.807) is 36.9 Å². The molecule has 0 atom stereocenters. The Balaban J connectivity index is 2.48. The minimum absolute atomic E-state index is 0.188. The molecule has 1 heterocycles. The fourth-order valence-corrected chi connectivity index (χ4v) is 2.07. The van der Waals surface area contributed by atoms with Gasteiger partial charge in [-0.15, -0.1) is 0 Å². The Kier molecular flexibility index (Phi) is 3.61. The Morgan fingerprint density at radius 3 is 2.30 bits per heavy atom. The summed E-state index contributed by atoms with van der Waals surface area (Å²) in [6.45, 7) is 3.73. The number of anilines is 1. The van der Waals surface area contributed by atoms with Crippen LogP contribution in [0.5, 0.6) is 0 Å². The molecular formula is C15H16N2O3. The molecular weight excluding hydrogens is 256 g/mol. The van der Waals surface area contributed by atoms with Crippen LogP contribution >= 0.6 is 0 Å². The van der Waals surface area contributed by atoms with Crippen LogP contribution in [-0.4, -0.2) is 21.6 Å². The van der Waals surface area contributed by atoms with Gasteiger partial charge < -0.3 is 9.67 Å². The third-order valence-electron chi connectivity index (χ3n) is 3.27. The number of nitrogens with zero attached hydrogens (tertiary/aromatic N) is 1. The van der Waals surface area contributed by atoms with E-state index in [2.05, 4.69) is 5.32 Å². The highest BCUT2D eigenvalue weighted by atomic mass is 16.4. The standard InChI is InChI=1S/C15H16N2O3/c1-9-4-6-11(7-5-9)14(18)13-10(2)17(3)8-12(13)16-15(19)20/h4-8,16H,1-3H3,(H,19,20). The van der Waals surface area contributed by atoms with Crippen molar-refractivity contribution < 1.29 is 14.7 Å². The molecule has 2 rings (SSSR count). The molecule has 0 saturated carbocycles. The maximum Gasteiger partial charge on any atom is 0.409 e. The number of amides is 1. The van der Waals surface area contributed by atoms with Gasteiger partial charge in [-0.05, 0) is 13.8 Å². The average molecular weight is 272 g/mol. The van der Waals surface area contributed by atoms with E-state index in [1.165, 1.54) is 0 Å². The predicted molar refractivity (Wildman–Crippen MR) is 76.4 cm³/mol. The molecule has 20 heavy (non-hydrogen) atoms. The lowest BCUT2D eigenvalue weighted by atomic mass is 10.0. The van der Waals surface area contributed by atoms with Crippen LogP contribution in [0.25, 0.3) is 0 Å². The highest BCUT2D eigenvalue weighted by Crippen LogP contribution is 2.25. The zero-order chi connectivity index (χ0) is 14.9. The maximum absolute atomic E-state index is 12.5. The van der Waals surface area contributed by atoms with E-state index in [0.717, 1.165) is 11.3 Å². The molecule has 0 radical (unpaired) electrons. The van der Waals surface area contributed by atoms with E-state index in [0.29, 0.717) is 16.8 Å². The van der Waals surface area contributed by atoms with Crippen LogP contribution in [-0.2, 0) is 7.05 Å². The highest BCUT2D eigenvalue weighted by Gasteiger charge is 2.20. The van der Waals surface area contributed by atoms with Crippen LogP contribution < -0.4 is 5.32 Å². The summed E-state index contributed by atoms with van der Waals surface area (Å²) in [6, 6.07) is 7.20. The molecule has 1 aromatic heterocycles. The summed E-state index contributed by atoms with van der Waals surface area (Å²) >= 11 is 0. The largest absolute Gasteiger partial charge is 0.465 e. The van der Waals surface area contributed by atoms with Gasteiger partial charge in [0.15, 0.2) is 5.78 Å². The first kappa shape index (κ1) is 13.9. The van der Waals surface area contributed by atoms with Crippen molar-refractivity contribution >= 4 is 17.6 Å². The molecule has 0 unspecified atom stereocenters. The van der Waals surface area contributed by atoms with E-state index < -0.39 is 6.09 Å². The number of rotatable bonds is 3. The molecule has 104 valence electrons. The lowest BCUT2D eigenvalue weighted by Crippen LogP contribution is -2.11. The molecule has 0 saturated heterocycles. The number of aryl methyl sites for hydroxylation is 2.